The Morgan fingerprint density at radius 2 is 1.94 bits per heavy atom. The highest BCUT2D eigenvalue weighted by molar-refractivity contribution is 5.25. The number of aryl methyl sites for hydroxylation is 1. The normalized spacial score (nSPS) is 11.1. The predicted octanol–water partition coefficient (Wildman–Crippen LogP) is 1.66. The topological polar surface area (TPSA) is 24.5 Å². The van der Waals surface area contributed by atoms with Crippen molar-refractivity contribution in [3.63, 3.8) is 0 Å². The van der Waals surface area contributed by atoms with E-state index in [4.69, 9.17) is 4.74 Å². The maximum atomic E-state index is 5.51. The van der Waals surface area contributed by atoms with E-state index in [0.717, 1.165) is 32.8 Å². The first-order valence-corrected chi connectivity index (χ1v) is 6.18. The minimum atomic E-state index is 0.778. The van der Waals surface area contributed by atoms with Crippen molar-refractivity contribution in [1.82, 2.24) is 10.2 Å². The summed E-state index contributed by atoms with van der Waals surface area (Å²) in [5, 5.41) is 3.39. The highest BCUT2D eigenvalue weighted by Crippen LogP contribution is 2.05. The average molecular weight is 236 g/mol. The molecule has 0 aliphatic heterocycles. The van der Waals surface area contributed by atoms with Gasteiger partial charge in [0, 0.05) is 19.6 Å². The fourth-order valence-corrected chi connectivity index (χ4v) is 1.53. The first-order valence-electron chi connectivity index (χ1n) is 6.18. The van der Waals surface area contributed by atoms with E-state index in [1.165, 1.54) is 11.1 Å². The number of likely N-dealkylation sites (N-methyl/N-ethyl adjacent to an activating group) is 1. The van der Waals surface area contributed by atoms with Gasteiger partial charge in [-0.15, -0.1) is 0 Å². The van der Waals surface area contributed by atoms with Crippen LogP contribution >= 0.6 is 0 Å². The summed E-state index contributed by atoms with van der Waals surface area (Å²) in [6.07, 6.45) is 0. The van der Waals surface area contributed by atoms with Gasteiger partial charge in [0.25, 0.3) is 0 Å². The SMILES string of the molecule is Cc1ccccc1CNCCOCCN(C)C. The van der Waals surface area contributed by atoms with Crippen LogP contribution in [-0.2, 0) is 11.3 Å². The number of nitrogens with zero attached hydrogens (tertiary/aromatic N) is 1. The predicted molar refractivity (Wildman–Crippen MR) is 72.3 cm³/mol. The lowest BCUT2D eigenvalue weighted by atomic mass is 10.1. The van der Waals surface area contributed by atoms with Crippen LogP contribution < -0.4 is 5.32 Å². The van der Waals surface area contributed by atoms with E-state index >= 15 is 0 Å². The minimum Gasteiger partial charge on any atom is -0.379 e. The first kappa shape index (κ1) is 14.2. The van der Waals surface area contributed by atoms with Gasteiger partial charge in [-0.25, -0.2) is 0 Å². The number of hydrogen-bond donors (Lipinski definition) is 1. The molecule has 0 unspecified atom stereocenters. The van der Waals surface area contributed by atoms with E-state index in [-0.39, 0.29) is 0 Å². The zero-order valence-corrected chi connectivity index (χ0v) is 11.2. The molecule has 1 N–H and O–H groups in total. The molecule has 3 nitrogen and oxygen atoms in total. The molecule has 1 aromatic rings. The molecule has 1 rings (SSSR count). The summed E-state index contributed by atoms with van der Waals surface area (Å²) in [7, 11) is 4.11. The smallest absolute Gasteiger partial charge is 0.0593 e. The molecule has 0 fully saturated rings. The van der Waals surface area contributed by atoms with Gasteiger partial charge in [-0.1, -0.05) is 24.3 Å². The van der Waals surface area contributed by atoms with E-state index in [9.17, 15) is 0 Å². The summed E-state index contributed by atoms with van der Waals surface area (Å²) in [6.45, 7) is 6.53. The molecule has 0 saturated carbocycles. The monoisotopic (exact) mass is 236 g/mol. The van der Waals surface area contributed by atoms with Crippen molar-refractivity contribution in [1.29, 1.82) is 0 Å². The molecule has 0 spiro atoms. The molecule has 0 bridgehead atoms. The molecule has 0 heterocycles. The van der Waals surface area contributed by atoms with Gasteiger partial charge < -0.3 is 15.0 Å². The van der Waals surface area contributed by atoms with Crippen molar-refractivity contribution >= 4 is 0 Å². The van der Waals surface area contributed by atoms with Crippen LogP contribution in [0.25, 0.3) is 0 Å². The van der Waals surface area contributed by atoms with Crippen LogP contribution in [0.5, 0.6) is 0 Å². The second kappa shape index (κ2) is 8.23. The average Bonchev–Trinajstić information content (AvgIpc) is 2.30. The van der Waals surface area contributed by atoms with Gasteiger partial charge in [0.15, 0.2) is 0 Å². The third-order valence-corrected chi connectivity index (χ3v) is 2.68. The summed E-state index contributed by atoms with van der Waals surface area (Å²) < 4.78 is 5.51. The summed E-state index contributed by atoms with van der Waals surface area (Å²) in [5.74, 6) is 0. The fourth-order valence-electron chi connectivity index (χ4n) is 1.53. The van der Waals surface area contributed by atoms with Crippen molar-refractivity contribution in [3.05, 3.63) is 35.4 Å². The third-order valence-electron chi connectivity index (χ3n) is 2.68. The summed E-state index contributed by atoms with van der Waals surface area (Å²) in [4.78, 5) is 2.13. The second-order valence-electron chi connectivity index (χ2n) is 4.52. The van der Waals surface area contributed by atoms with Crippen LogP contribution in [0.15, 0.2) is 24.3 Å². The molecule has 0 aliphatic carbocycles. The Morgan fingerprint density at radius 1 is 1.18 bits per heavy atom. The number of nitrogens with one attached hydrogen (secondary N) is 1. The number of benzene rings is 1. The Morgan fingerprint density at radius 3 is 2.65 bits per heavy atom. The van der Waals surface area contributed by atoms with E-state index in [0.29, 0.717) is 0 Å². The van der Waals surface area contributed by atoms with Crippen LogP contribution in [0.1, 0.15) is 11.1 Å². The third kappa shape index (κ3) is 6.41. The quantitative estimate of drug-likeness (QED) is 0.695. The molecule has 0 atom stereocenters. The maximum Gasteiger partial charge on any atom is 0.0593 e. The molecule has 0 aromatic heterocycles. The van der Waals surface area contributed by atoms with Gasteiger partial charge >= 0.3 is 0 Å². The zero-order valence-electron chi connectivity index (χ0n) is 11.2. The van der Waals surface area contributed by atoms with Crippen LogP contribution in [0, 0.1) is 6.92 Å². The van der Waals surface area contributed by atoms with Crippen molar-refractivity contribution in [3.8, 4) is 0 Å². The van der Waals surface area contributed by atoms with Gasteiger partial charge in [0.2, 0.25) is 0 Å². The van der Waals surface area contributed by atoms with Crippen LogP contribution in [-0.4, -0.2) is 45.3 Å². The second-order valence-corrected chi connectivity index (χ2v) is 4.52. The van der Waals surface area contributed by atoms with Gasteiger partial charge in [-0.05, 0) is 32.1 Å². The largest absolute Gasteiger partial charge is 0.379 e. The van der Waals surface area contributed by atoms with Crippen molar-refractivity contribution in [2.75, 3.05) is 40.4 Å². The molecule has 0 radical (unpaired) electrons. The van der Waals surface area contributed by atoms with E-state index in [1.54, 1.807) is 0 Å². The van der Waals surface area contributed by atoms with Gasteiger partial charge in [0.05, 0.1) is 13.2 Å². The summed E-state index contributed by atoms with van der Waals surface area (Å²) in [6, 6.07) is 8.46. The van der Waals surface area contributed by atoms with Crippen molar-refractivity contribution in [2.24, 2.45) is 0 Å². The first-order chi connectivity index (χ1) is 8.20. The lowest BCUT2D eigenvalue weighted by molar-refractivity contribution is 0.119. The summed E-state index contributed by atoms with van der Waals surface area (Å²) in [5.41, 5.74) is 2.70. The zero-order chi connectivity index (χ0) is 12.5. The minimum absolute atomic E-state index is 0.778. The van der Waals surface area contributed by atoms with Gasteiger partial charge in [-0.3, -0.25) is 0 Å². The van der Waals surface area contributed by atoms with Gasteiger partial charge in [0.1, 0.15) is 0 Å². The molecule has 0 amide bonds. The highest BCUT2D eigenvalue weighted by Gasteiger charge is 1.96. The van der Waals surface area contributed by atoms with E-state index in [1.807, 2.05) is 0 Å². The lowest BCUT2D eigenvalue weighted by Crippen LogP contribution is -2.23. The molecular formula is C14H24N2O. The fraction of sp³-hybridized carbons (Fsp3) is 0.571. The molecular weight excluding hydrogens is 212 g/mol. The Bertz CT molecular complexity index is 313. The Balaban J connectivity index is 2.03. The van der Waals surface area contributed by atoms with Crippen LogP contribution in [0.2, 0.25) is 0 Å². The Kier molecular flexibility index (Phi) is 6.86. The molecule has 17 heavy (non-hydrogen) atoms. The molecule has 0 aliphatic rings. The lowest BCUT2D eigenvalue weighted by Gasteiger charge is -2.10. The maximum absolute atomic E-state index is 5.51. The van der Waals surface area contributed by atoms with Gasteiger partial charge in [-0.2, -0.15) is 0 Å². The standard InChI is InChI=1S/C14H24N2O/c1-13-6-4-5-7-14(13)12-15-8-10-17-11-9-16(2)3/h4-7,15H,8-12H2,1-3H3. The molecule has 0 saturated heterocycles. The Hall–Kier alpha value is -0.900. The molecule has 96 valence electrons. The number of ether oxygens (including phenoxy) is 1. The molecule has 1 aromatic carbocycles. The van der Waals surface area contributed by atoms with E-state index in [2.05, 4.69) is 55.5 Å². The number of rotatable bonds is 8. The summed E-state index contributed by atoms with van der Waals surface area (Å²) >= 11 is 0. The van der Waals surface area contributed by atoms with Crippen molar-refractivity contribution < 1.29 is 4.74 Å². The van der Waals surface area contributed by atoms with E-state index < -0.39 is 0 Å². The van der Waals surface area contributed by atoms with Crippen LogP contribution in [0.4, 0.5) is 0 Å². The number of hydrogen-bond acceptors (Lipinski definition) is 3. The van der Waals surface area contributed by atoms with Crippen molar-refractivity contribution in [2.45, 2.75) is 13.5 Å². The molecule has 3 heteroatoms. The Labute approximate surface area is 105 Å². The van der Waals surface area contributed by atoms with Crippen LogP contribution in [0.3, 0.4) is 0 Å². The highest BCUT2D eigenvalue weighted by atomic mass is 16.5.